The van der Waals surface area contributed by atoms with Crippen molar-refractivity contribution in [3.8, 4) is 0 Å². The van der Waals surface area contributed by atoms with Crippen LogP contribution in [-0.2, 0) is 4.79 Å². The van der Waals surface area contributed by atoms with Crippen LogP contribution in [-0.4, -0.2) is 5.78 Å². The Labute approximate surface area is 87.2 Å². The Hall–Kier alpha value is -1.11. The van der Waals surface area contributed by atoms with Gasteiger partial charge in [-0.15, -0.1) is 0 Å². The van der Waals surface area contributed by atoms with Gasteiger partial charge in [-0.1, -0.05) is 39.2 Å². The summed E-state index contributed by atoms with van der Waals surface area (Å²) < 4.78 is 0. The van der Waals surface area contributed by atoms with Crippen LogP contribution in [0.2, 0.25) is 0 Å². The van der Waals surface area contributed by atoms with Gasteiger partial charge < -0.3 is 0 Å². The Morgan fingerprint density at radius 3 is 1.57 bits per heavy atom. The Balaban J connectivity index is 0.000000791. The number of Topliss-reactive ketones (excluding diaryl/α,β-unsaturated/α-hetero) is 1. The molecule has 0 saturated carbocycles. The van der Waals surface area contributed by atoms with Gasteiger partial charge in [0.2, 0.25) is 0 Å². The molecule has 0 fully saturated rings. The zero-order valence-electron chi connectivity index (χ0n) is 9.31. The largest absolute Gasteiger partial charge is 0.300 e. The smallest absolute Gasteiger partial charge is 0.133 e. The molecule has 1 nitrogen and oxygen atoms in total. The van der Waals surface area contributed by atoms with E-state index in [4.69, 9.17) is 0 Å². The van der Waals surface area contributed by atoms with Gasteiger partial charge in [-0.2, -0.15) is 0 Å². The van der Waals surface area contributed by atoms with Gasteiger partial charge in [-0.25, -0.2) is 0 Å². The van der Waals surface area contributed by atoms with E-state index in [9.17, 15) is 4.79 Å². The highest BCUT2D eigenvalue weighted by molar-refractivity contribution is 5.79. The molecule has 0 saturated heterocycles. The summed E-state index contributed by atoms with van der Waals surface area (Å²) in [6.07, 6.45) is 6.69. The number of ketones is 1. The number of hydrogen-bond acceptors (Lipinski definition) is 1. The second kappa shape index (κ2) is 7.31. The molecule has 0 aromatic rings. The molecular formula is C13H20O. The highest BCUT2D eigenvalue weighted by Gasteiger charge is 2.11. The zero-order chi connectivity index (χ0) is 11.0. The van der Waals surface area contributed by atoms with Crippen LogP contribution < -0.4 is 0 Å². The molecular weight excluding hydrogens is 172 g/mol. The Kier molecular flexibility index (Phi) is 6.73. The summed E-state index contributed by atoms with van der Waals surface area (Å²) in [6, 6.07) is 0. The maximum Gasteiger partial charge on any atom is 0.133 e. The van der Waals surface area contributed by atoms with Gasteiger partial charge in [0.1, 0.15) is 5.78 Å². The Morgan fingerprint density at radius 2 is 1.29 bits per heavy atom. The van der Waals surface area contributed by atoms with E-state index in [-0.39, 0.29) is 0 Å². The molecule has 0 radical (unpaired) electrons. The second-order valence-corrected chi connectivity index (χ2v) is 3.00. The van der Waals surface area contributed by atoms with Gasteiger partial charge in [-0.3, -0.25) is 4.79 Å². The van der Waals surface area contributed by atoms with Crippen LogP contribution in [0.5, 0.6) is 0 Å². The average molecular weight is 192 g/mol. The fourth-order valence-electron chi connectivity index (χ4n) is 1.46. The van der Waals surface area contributed by atoms with Gasteiger partial charge in [0.25, 0.3) is 0 Å². The summed E-state index contributed by atoms with van der Waals surface area (Å²) in [4.78, 5) is 11.1. The molecule has 1 rings (SSSR count). The van der Waals surface area contributed by atoms with E-state index >= 15 is 0 Å². The van der Waals surface area contributed by atoms with E-state index in [2.05, 4.69) is 13.2 Å². The lowest BCUT2D eigenvalue weighted by atomic mass is 10.0. The van der Waals surface area contributed by atoms with Gasteiger partial charge in [-0.05, 0) is 24.0 Å². The molecule has 0 aliphatic heterocycles. The summed E-state index contributed by atoms with van der Waals surface area (Å²) in [5, 5.41) is 0. The van der Waals surface area contributed by atoms with Gasteiger partial charge in [0.15, 0.2) is 0 Å². The third-order valence-electron chi connectivity index (χ3n) is 2.25. The van der Waals surface area contributed by atoms with Crippen molar-refractivity contribution in [3.05, 3.63) is 36.5 Å². The lowest BCUT2D eigenvalue weighted by Crippen LogP contribution is -1.93. The van der Waals surface area contributed by atoms with Crippen LogP contribution in [0.15, 0.2) is 36.5 Å². The van der Waals surface area contributed by atoms with Crippen molar-refractivity contribution in [1.82, 2.24) is 0 Å². The van der Waals surface area contributed by atoms with Crippen molar-refractivity contribution in [2.24, 2.45) is 0 Å². The standard InChI is InChI=1S/C11H14O.C2H6/c1-3-9-5-7-11(12)8-6-10(9)4-2;1-2/h3-4H,1-2,5-8H2;1-2H3. The number of rotatable bonds is 2. The summed E-state index contributed by atoms with van der Waals surface area (Å²) in [7, 11) is 0. The highest BCUT2D eigenvalue weighted by atomic mass is 16.1. The highest BCUT2D eigenvalue weighted by Crippen LogP contribution is 2.22. The fraction of sp³-hybridized carbons (Fsp3) is 0.462. The molecule has 0 atom stereocenters. The first kappa shape index (κ1) is 12.9. The monoisotopic (exact) mass is 192 g/mol. The quantitative estimate of drug-likeness (QED) is 0.650. The molecule has 78 valence electrons. The maximum absolute atomic E-state index is 11.1. The van der Waals surface area contributed by atoms with Crippen molar-refractivity contribution in [3.63, 3.8) is 0 Å². The van der Waals surface area contributed by atoms with Crippen molar-refractivity contribution in [2.45, 2.75) is 39.5 Å². The van der Waals surface area contributed by atoms with E-state index in [0.717, 1.165) is 12.8 Å². The summed E-state index contributed by atoms with van der Waals surface area (Å²) in [5.74, 6) is 0.353. The molecule has 0 bridgehead atoms. The van der Waals surface area contributed by atoms with E-state index in [1.165, 1.54) is 11.1 Å². The van der Waals surface area contributed by atoms with Crippen LogP contribution in [0.1, 0.15) is 39.5 Å². The third kappa shape index (κ3) is 3.73. The third-order valence-corrected chi connectivity index (χ3v) is 2.25. The first-order chi connectivity index (χ1) is 6.77. The molecule has 0 N–H and O–H groups in total. The van der Waals surface area contributed by atoms with Gasteiger partial charge in [0, 0.05) is 12.8 Å². The fourth-order valence-corrected chi connectivity index (χ4v) is 1.46. The van der Waals surface area contributed by atoms with Crippen LogP contribution in [0.25, 0.3) is 0 Å². The predicted octanol–water partition coefficient (Wildman–Crippen LogP) is 3.82. The van der Waals surface area contributed by atoms with Crippen LogP contribution >= 0.6 is 0 Å². The minimum Gasteiger partial charge on any atom is -0.300 e. The zero-order valence-corrected chi connectivity index (χ0v) is 9.31. The molecule has 0 aromatic carbocycles. The SMILES string of the molecule is C=CC1=C(C=C)CCC(=O)CC1.CC. The molecule has 14 heavy (non-hydrogen) atoms. The van der Waals surface area contributed by atoms with Gasteiger partial charge in [0.05, 0.1) is 0 Å². The lowest BCUT2D eigenvalue weighted by Gasteiger charge is -2.01. The molecule has 0 heterocycles. The minimum absolute atomic E-state index is 0.353. The van der Waals surface area contributed by atoms with E-state index in [0.29, 0.717) is 18.6 Å². The van der Waals surface area contributed by atoms with Crippen molar-refractivity contribution in [2.75, 3.05) is 0 Å². The van der Waals surface area contributed by atoms with Crippen molar-refractivity contribution in [1.29, 1.82) is 0 Å². The molecule has 0 aromatic heterocycles. The van der Waals surface area contributed by atoms with Crippen molar-refractivity contribution >= 4 is 5.78 Å². The van der Waals surface area contributed by atoms with Gasteiger partial charge >= 0.3 is 0 Å². The summed E-state index contributed by atoms with van der Waals surface area (Å²) in [5.41, 5.74) is 2.38. The number of hydrogen-bond donors (Lipinski definition) is 0. The van der Waals surface area contributed by atoms with Crippen LogP contribution in [0, 0.1) is 0 Å². The molecule has 0 spiro atoms. The first-order valence-corrected chi connectivity index (χ1v) is 5.26. The van der Waals surface area contributed by atoms with E-state index < -0.39 is 0 Å². The van der Waals surface area contributed by atoms with Crippen LogP contribution in [0.3, 0.4) is 0 Å². The Bertz CT molecular complexity index is 222. The topological polar surface area (TPSA) is 17.1 Å². The number of carbonyl (C=O) groups is 1. The molecule has 0 unspecified atom stereocenters. The minimum atomic E-state index is 0.353. The van der Waals surface area contributed by atoms with Crippen LogP contribution in [0.4, 0.5) is 0 Å². The Morgan fingerprint density at radius 1 is 0.929 bits per heavy atom. The number of allylic oxidation sites excluding steroid dienone is 4. The first-order valence-electron chi connectivity index (χ1n) is 5.26. The molecule has 1 heteroatoms. The van der Waals surface area contributed by atoms with E-state index in [1.54, 1.807) is 0 Å². The number of carbonyl (C=O) groups excluding carboxylic acids is 1. The molecule has 0 amide bonds. The normalized spacial score (nSPS) is 16.6. The lowest BCUT2D eigenvalue weighted by molar-refractivity contribution is -0.118. The second-order valence-electron chi connectivity index (χ2n) is 3.00. The molecule has 1 aliphatic carbocycles. The summed E-state index contributed by atoms with van der Waals surface area (Å²) >= 11 is 0. The molecule has 1 aliphatic rings. The summed E-state index contributed by atoms with van der Waals surface area (Å²) in [6.45, 7) is 11.5. The maximum atomic E-state index is 11.1. The predicted molar refractivity (Wildman–Crippen MR) is 62.2 cm³/mol. The van der Waals surface area contributed by atoms with Crippen molar-refractivity contribution < 1.29 is 4.79 Å². The average Bonchev–Trinajstić information content (AvgIpc) is 2.42. The van der Waals surface area contributed by atoms with E-state index in [1.807, 2.05) is 26.0 Å².